The molecule has 3 rings (SSSR count). The second-order valence-electron chi connectivity index (χ2n) is 6.59. The number of fused-ring (bicyclic) bond motifs is 1. The monoisotopic (exact) mass is 306 g/mol. The van der Waals surface area contributed by atoms with Crippen LogP contribution in [0, 0.1) is 11.8 Å². The van der Waals surface area contributed by atoms with Crippen molar-refractivity contribution in [1.29, 1.82) is 0 Å². The van der Waals surface area contributed by atoms with E-state index in [2.05, 4.69) is 29.3 Å². The van der Waals surface area contributed by atoms with Gasteiger partial charge in [-0.1, -0.05) is 43.9 Å². The van der Waals surface area contributed by atoms with Gasteiger partial charge in [0.2, 0.25) is 0 Å². The number of piperidine rings is 1. The maximum absolute atomic E-state index is 6.26. The second kappa shape index (κ2) is 7.02. The van der Waals surface area contributed by atoms with Crippen LogP contribution in [-0.4, -0.2) is 19.6 Å². The molecule has 116 valence electrons. The predicted octanol–water partition coefficient (Wildman–Crippen LogP) is 4.47. The Kier molecular flexibility index (Phi) is 5.07. The summed E-state index contributed by atoms with van der Waals surface area (Å²) in [4.78, 5) is 2.59. The average molecular weight is 307 g/mol. The molecule has 2 nitrogen and oxygen atoms in total. The largest absolute Gasteiger partial charge is 0.371 e. The van der Waals surface area contributed by atoms with Gasteiger partial charge < -0.3 is 10.2 Å². The van der Waals surface area contributed by atoms with Crippen LogP contribution in [0.4, 0.5) is 5.69 Å². The molecule has 0 bridgehead atoms. The van der Waals surface area contributed by atoms with Crippen molar-refractivity contribution in [2.45, 2.75) is 45.6 Å². The Morgan fingerprint density at radius 3 is 2.81 bits per heavy atom. The minimum absolute atomic E-state index is 0.857. The summed E-state index contributed by atoms with van der Waals surface area (Å²) in [7, 11) is 0. The van der Waals surface area contributed by atoms with Crippen LogP contribution >= 0.6 is 11.6 Å². The summed E-state index contributed by atoms with van der Waals surface area (Å²) in [5, 5.41) is 4.31. The number of nitrogens with zero attached hydrogens (tertiary/aromatic N) is 1. The van der Waals surface area contributed by atoms with E-state index in [1.807, 2.05) is 6.07 Å². The fraction of sp³-hybridized carbons (Fsp3) is 0.667. The van der Waals surface area contributed by atoms with E-state index in [0.29, 0.717) is 0 Å². The maximum Gasteiger partial charge on any atom is 0.0426 e. The van der Waals surface area contributed by atoms with Gasteiger partial charge in [0.05, 0.1) is 0 Å². The molecule has 0 spiro atoms. The highest BCUT2D eigenvalue weighted by molar-refractivity contribution is 6.30. The summed E-state index contributed by atoms with van der Waals surface area (Å²) in [5.74, 6) is 1.88. The first kappa shape index (κ1) is 15.2. The Labute approximate surface area is 133 Å². The number of halogens is 1. The van der Waals surface area contributed by atoms with Gasteiger partial charge in [0.25, 0.3) is 0 Å². The van der Waals surface area contributed by atoms with Gasteiger partial charge in [-0.2, -0.15) is 0 Å². The molecular formula is C18H27ClN2. The number of rotatable bonds is 4. The van der Waals surface area contributed by atoms with Crippen LogP contribution in [0.15, 0.2) is 18.2 Å². The van der Waals surface area contributed by atoms with E-state index >= 15 is 0 Å². The molecule has 3 heteroatoms. The molecule has 2 fully saturated rings. The molecule has 2 aliphatic rings. The predicted molar refractivity (Wildman–Crippen MR) is 91.1 cm³/mol. The lowest BCUT2D eigenvalue weighted by atomic mass is 9.75. The Balaban J connectivity index is 1.77. The number of nitrogens with one attached hydrogen (secondary N) is 1. The van der Waals surface area contributed by atoms with Crippen molar-refractivity contribution in [1.82, 2.24) is 5.32 Å². The van der Waals surface area contributed by atoms with Crippen LogP contribution < -0.4 is 10.2 Å². The molecule has 1 aliphatic carbocycles. The van der Waals surface area contributed by atoms with E-state index in [1.54, 1.807) is 0 Å². The van der Waals surface area contributed by atoms with E-state index < -0.39 is 0 Å². The van der Waals surface area contributed by atoms with E-state index in [0.717, 1.165) is 29.9 Å². The standard InChI is InChI=1S/C18H27ClN2/c1-2-20-12-15-7-8-17(19)11-18(15)21-10-9-14-5-3-4-6-16(14)13-21/h7-8,11,14,16,20H,2-6,9-10,12-13H2,1H3. The Morgan fingerprint density at radius 2 is 2.00 bits per heavy atom. The minimum atomic E-state index is 0.857. The van der Waals surface area contributed by atoms with Crippen molar-refractivity contribution in [3.63, 3.8) is 0 Å². The highest BCUT2D eigenvalue weighted by atomic mass is 35.5. The van der Waals surface area contributed by atoms with E-state index in [9.17, 15) is 0 Å². The summed E-state index contributed by atoms with van der Waals surface area (Å²) in [6.07, 6.45) is 7.11. The van der Waals surface area contributed by atoms with Gasteiger partial charge in [-0.05, 0) is 48.9 Å². The van der Waals surface area contributed by atoms with Crippen LogP contribution in [0.25, 0.3) is 0 Å². The van der Waals surface area contributed by atoms with Crippen molar-refractivity contribution in [3.8, 4) is 0 Å². The fourth-order valence-corrected chi connectivity index (χ4v) is 4.23. The van der Waals surface area contributed by atoms with E-state index in [1.165, 1.54) is 56.4 Å². The molecule has 1 saturated heterocycles. The highest BCUT2D eigenvalue weighted by Crippen LogP contribution is 2.38. The number of benzene rings is 1. The van der Waals surface area contributed by atoms with Crippen molar-refractivity contribution in [2.75, 3.05) is 24.5 Å². The van der Waals surface area contributed by atoms with Crippen LogP contribution in [0.2, 0.25) is 5.02 Å². The number of hydrogen-bond donors (Lipinski definition) is 1. The van der Waals surface area contributed by atoms with Gasteiger partial charge in [-0.15, -0.1) is 0 Å². The van der Waals surface area contributed by atoms with Crippen LogP contribution in [0.5, 0.6) is 0 Å². The lowest BCUT2D eigenvalue weighted by Gasteiger charge is -2.43. The van der Waals surface area contributed by atoms with Gasteiger partial charge >= 0.3 is 0 Å². The lowest BCUT2D eigenvalue weighted by Crippen LogP contribution is -2.42. The summed E-state index contributed by atoms with van der Waals surface area (Å²) in [6, 6.07) is 6.37. The molecule has 1 saturated carbocycles. The summed E-state index contributed by atoms with van der Waals surface area (Å²) in [6.45, 7) is 6.52. The molecule has 2 atom stereocenters. The second-order valence-corrected chi connectivity index (χ2v) is 7.03. The van der Waals surface area contributed by atoms with Gasteiger partial charge in [0.1, 0.15) is 0 Å². The first-order valence-electron chi connectivity index (χ1n) is 8.52. The molecule has 0 aromatic heterocycles. The third-order valence-corrected chi connectivity index (χ3v) is 5.48. The molecule has 1 aromatic rings. The Morgan fingerprint density at radius 1 is 1.19 bits per heavy atom. The molecule has 0 radical (unpaired) electrons. The normalized spacial score (nSPS) is 25.7. The Bertz CT molecular complexity index is 474. The molecular weight excluding hydrogens is 280 g/mol. The van der Waals surface area contributed by atoms with Gasteiger partial charge in [0, 0.05) is 30.3 Å². The third-order valence-electron chi connectivity index (χ3n) is 5.24. The van der Waals surface area contributed by atoms with Gasteiger partial charge in [-0.25, -0.2) is 0 Å². The molecule has 1 heterocycles. The molecule has 2 unspecified atom stereocenters. The zero-order valence-corrected chi connectivity index (χ0v) is 13.8. The summed E-state index contributed by atoms with van der Waals surface area (Å²) in [5.41, 5.74) is 2.74. The summed E-state index contributed by atoms with van der Waals surface area (Å²) < 4.78 is 0. The zero-order chi connectivity index (χ0) is 14.7. The van der Waals surface area contributed by atoms with Crippen molar-refractivity contribution in [3.05, 3.63) is 28.8 Å². The zero-order valence-electron chi connectivity index (χ0n) is 13.1. The first-order chi connectivity index (χ1) is 10.3. The van der Waals surface area contributed by atoms with Crippen LogP contribution in [0.1, 0.15) is 44.6 Å². The van der Waals surface area contributed by atoms with Crippen molar-refractivity contribution in [2.24, 2.45) is 11.8 Å². The quantitative estimate of drug-likeness (QED) is 0.883. The van der Waals surface area contributed by atoms with Crippen molar-refractivity contribution >= 4 is 17.3 Å². The average Bonchev–Trinajstić information content (AvgIpc) is 2.53. The fourth-order valence-electron chi connectivity index (χ4n) is 4.06. The molecule has 21 heavy (non-hydrogen) atoms. The van der Waals surface area contributed by atoms with Gasteiger partial charge in [0.15, 0.2) is 0 Å². The number of hydrogen-bond acceptors (Lipinski definition) is 2. The van der Waals surface area contributed by atoms with Crippen LogP contribution in [0.3, 0.4) is 0 Å². The molecule has 1 aromatic carbocycles. The molecule has 1 N–H and O–H groups in total. The summed E-state index contributed by atoms with van der Waals surface area (Å²) >= 11 is 6.26. The van der Waals surface area contributed by atoms with E-state index in [-0.39, 0.29) is 0 Å². The third kappa shape index (κ3) is 3.54. The number of anilines is 1. The van der Waals surface area contributed by atoms with Gasteiger partial charge in [-0.3, -0.25) is 0 Å². The topological polar surface area (TPSA) is 15.3 Å². The van der Waals surface area contributed by atoms with E-state index in [4.69, 9.17) is 11.6 Å². The van der Waals surface area contributed by atoms with Crippen LogP contribution in [-0.2, 0) is 6.54 Å². The SMILES string of the molecule is CCNCc1ccc(Cl)cc1N1CCC2CCCCC2C1. The molecule has 0 amide bonds. The smallest absolute Gasteiger partial charge is 0.0426 e. The van der Waals surface area contributed by atoms with Crippen molar-refractivity contribution < 1.29 is 0 Å². The lowest BCUT2D eigenvalue weighted by molar-refractivity contribution is 0.202. The highest BCUT2D eigenvalue weighted by Gasteiger charge is 2.31. The Hall–Kier alpha value is -0.730. The maximum atomic E-state index is 6.26. The minimum Gasteiger partial charge on any atom is -0.371 e. The first-order valence-corrected chi connectivity index (χ1v) is 8.90. The molecule has 1 aliphatic heterocycles.